The molecule has 0 aromatic heterocycles. The first-order valence-electron chi connectivity index (χ1n) is 7.12. The number of hydrogen-bond donors (Lipinski definition) is 0. The summed E-state index contributed by atoms with van der Waals surface area (Å²) < 4.78 is 0.370. The number of nitrogens with zero attached hydrogens (tertiary/aromatic N) is 1. The van der Waals surface area contributed by atoms with Gasteiger partial charge in [-0.05, 0) is 36.3 Å². The van der Waals surface area contributed by atoms with Crippen molar-refractivity contribution in [3.8, 4) is 0 Å². The molecule has 1 amide bonds. The molecule has 1 fully saturated rings. The van der Waals surface area contributed by atoms with Crippen LogP contribution in [0.4, 0.5) is 5.69 Å². The summed E-state index contributed by atoms with van der Waals surface area (Å²) >= 11 is 6.49. The van der Waals surface area contributed by atoms with Crippen LogP contribution in [0, 0.1) is 6.92 Å². The minimum Gasteiger partial charge on any atom is -0.545 e. The lowest BCUT2D eigenvalue weighted by molar-refractivity contribution is -0.255. The maximum absolute atomic E-state index is 12.7. The van der Waals surface area contributed by atoms with Crippen LogP contribution < -0.4 is 10.0 Å². The molecule has 0 aliphatic carbocycles. The van der Waals surface area contributed by atoms with Crippen LogP contribution in [-0.4, -0.2) is 16.2 Å². The van der Waals surface area contributed by atoms with E-state index in [-0.39, 0.29) is 11.5 Å². The van der Waals surface area contributed by atoms with Crippen molar-refractivity contribution in [1.29, 1.82) is 0 Å². The Hall–Kier alpha value is -2.44. The van der Waals surface area contributed by atoms with Gasteiger partial charge in [-0.1, -0.05) is 65.9 Å². The smallest absolute Gasteiger partial charge is 0.270 e. The highest BCUT2D eigenvalue weighted by Crippen LogP contribution is 2.36. The van der Waals surface area contributed by atoms with Crippen LogP contribution in [0.3, 0.4) is 0 Å². The number of carbonyl (C=O) groups excluding carboxylic acids is 2. The van der Waals surface area contributed by atoms with Gasteiger partial charge in [0.15, 0.2) is 4.32 Å². The van der Waals surface area contributed by atoms with Crippen LogP contribution >= 0.6 is 24.0 Å². The van der Waals surface area contributed by atoms with Gasteiger partial charge in [-0.3, -0.25) is 9.69 Å². The van der Waals surface area contributed by atoms with Gasteiger partial charge in [0.25, 0.3) is 5.91 Å². The fourth-order valence-electron chi connectivity index (χ4n) is 2.37. The number of aryl methyl sites for hydroxylation is 1. The van der Waals surface area contributed by atoms with Crippen LogP contribution in [0.15, 0.2) is 53.4 Å². The topological polar surface area (TPSA) is 60.4 Å². The molecule has 4 nitrogen and oxygen atoms in total. The number of anilines is 1. The van der Waals surface area contributed by atoms with Crippen molar-refractivity contribution in [2.75, 3.05) is 4.90 Å². The molecule has 120 valence electrons. The number of carboxylic acids is 1. The molecule has 0 unspecified atom stereocenters. The van der Waals surface area contributed by atoms with E-state index in [2.05, 4.69) is 0 Å². The van der Waals surface area contributed by atoms with E-state index in [9.17, 15) is 14.7 Å². The van der Waals surface area contributed by atoms with Crippen molar-refractivity contribution >= 4 is 51.9 Å². The molecule has 0 bridgehead atoms. The summed E-state index contributed by atoms with van der Waals surface area (Å²) in [5, 5.41) is 11.0. The quantitative estimate of drug-likeness (QED) is 0.627. The Balaban J connectivity index is 1.95. The average Bonchev–Trinajstić information content (AvgIpc) is 2.81. The van der Waals surface area contributed by atoms with E-state index >= 15 is 0 Å². The molecule has 2 aromatic carbocycles. The van der Waals surface area contributed by atoms with Gasteiger partial charge < -0.3 is 9.90 Å². The third kappa shape index (κ3) is 3.25. The van der Waals surface area contributed by atoms with E-state index in [1.165, 1.54) is 28.8 Å². The first-order chi connectivity index (χ1) is 11.5. The SMILES string of the molecule is Cc1cccc(/C=C2\SC(=S)N(c3cccc(C(=O)[O-])c3)C2=O)c1. The summed E-state index contributed by atoms with van der Waals surface area (Å²) in [7, 11) is 0. The molecule has 0 atom stereocenters. The summed E-state index contributed by atoms with van der Waals surface area (Å²) in [6.07, 6.45) is 1.79. The predicted octanol–water partition coefficient (Wildman–Crippen LogP) is 2.76. The highest BCUT2D eigenvalue weighted by molar-refractivity contribution is 8.27. The van der Waals surface area contributed by atoms with E-state index < -0.39 is 5.97 Å². The lowest BCUT2D eigenvalue weighted by atomic mass is 10.1. The Morgan fingerprint density at radius 1 is 1.21 bits per heavy atom. The van der Waals surface area contributed by atoms with Crippen LogP contribution in [0.5, 0.6) is 0 Å². The van der Waals surface area contributed by atoms with E-state index in [1.807, 2.05) is 31.2 Å². The van der Waals surface area contributed by atoms with Gasteiger partial charge in [-0.25, -0.2) is 0 Å². The van der Waals surface area contributed by atoms with Crippen molar-refractivity contribution in [2.24, 2.45) is 0 Å². The Morgan fingerprint density at radius 3 is 2.67 bits per heavy atom. The molecule has 0 saturated carbocycles. The van der Waals surface area contributed by atoms with E-state index in [1.54, 1.807) is 18.2 Å². The zero-order chi connectivity index (χ0) is 17.3. The first-order valence-corrected chi connectivity index (χ1v) is 8.34. The minimum atomic E-state index is -1.29. The number of amides is 1. The molecule has 1 aliphatic rings. The molecular formula is C18H12NO3S2-. The van der Waals surface area contributed by atoms with Crippen molar-refractivity contribution in [3.63, 3.8) is 0 Å². The monoisotopic (exact) mass is 354 g/mol. The second-order valence-corrected chi connectivity index (χ2v) is 6.94. The largest absolute Gasteiger partial charge is 0.545 e. The Labute approximate surface area is 148 Å². The van der Waals surface area contributed by atoms with Crippen LogP contribution in [0.2, 0.25) is 0 Å². The average molecular weight is 354 g/mol. The molecular weight excluding hydrogens is 342 g/mol. The van der Waals surface area contributed by atoms with E-state index in [0.29, 0.717) is 14.9 Å². The van der Waals surface area contributed by atoms with Crippen LogP contribution in [0.1, 0.15) is 21.5 Å². The van der Waals surface area contributed by atoms with Crippen molar-refractivity contribution in [1.82, 2.24) is 0 Å². The van der Waals surface area contributed by atoms with Gasteiger partial charge in [0, 0.05) is 0 Å². The molecule has 6 heteroatoms. The summed E-state index contributed by atoms with van der Waals surface area (Å²) in [4.78, 5) is 25.5. The van der Waals surface area contributed by atoms with Crippen LogP contribution in [0.25, 0.3) is 6.08 Å². The Bertz CT molecular complexity index is 889. The first kappa shape index (κ1) is 16.4. The molecule has 1 heterocycles. The summed E-state index contributed by atoms with van der Waals surface area (Å²) in [6, 6.07) is 13.8. The fraction of sp³-hybridized carbons (Fsp3) is 0.0556. The maximum atomic E-state index is 12.7. The molecule has 0 radical (unpaired) electrons. The van der Waals surface area contributed by atoms with Crippen LogP contribution in [-0.2, 0) is 4.79 Å². The lowest BCUT2D eigenvalue weighted by Crippen LogP contribution is -2.28. The number of hydrogen-bond acceptors (Lipinski definition) is 5. The van der Waals surface area contributed by atoms with Gasteiger partial charge in [0.05, 0.1) is 16.6 Å². The highest BCUT2D eigenvalue weighted by atomic mass is 32.2. The van der Waals surface area contributed by atoms with Crippen molar-refractivity contribution < 1.29 is 14.7 Å². The number of carbonyl (C=O) groups is 2. The van der Waals surface area contributed by atoms with E-state index in [4.69, 9.17) is 12.2 Å². The fourth-order valence-corrected chi connectivity index (χ4v) is 3.67. The third-order valence-electron chi connectivity index (χ3n) is 3.47. The minimum absolute atomic E-state index is 0.00390. The Morgan fingerprint density at radius 2 is 1.96 bits per heavy atom. The molecule has 0 N–H and O–H groups in total. The molecule has 24 heavy (non-hydrogen) atoms. The number of aromatic carboxylic acids is 1. The van der Waals surface area contributed by atoms with Crippen molar-refractivity contribution in [3.05, 3.63) is 70.1 Å². The summed E-state index contributed by atoms with van der Waals surface area (Å²) in [5.41, 5.74) is 2.44. The molecule has 1 saturated heterocycles. The second-order valence-electron chi connectivity index (χ2n) is 5.27. The standard InChI is InChI=1S/C18H13NO3S2/c1-11-4-2-5-12(8-11)9-15-16(20)19(18(23)24-15)14-7-3-6-13(10-14)17(21)22/h2-10H,1H3,(H,21,22)/p-1/b15-9-. The zero-order valence-electron chi connectivity index (χ0n) is 12.7. The zero-order valence-corrected chi connectivity index (χ0v) is 14.3. The molecule has 0 spiro atoms. The predicted molar refractivity (Wildman–Crippen MR) is 97.6 cm³/mol. The lowest BCUT2D eigenvalue weighted by Gasteiger charge is -2.15. The summed E-state index contributed by atoms with van der Waals surface area (Å²) in [6.45, 7) is 1.98. The molecule has 2 aromatic rings. The third-order valence-corrected chi connectivity index (χ3v) is 4.78. The number of thiocarbonyl (C=S) groups is 1. The number of carboxylic acid groups (broad SMARTS) is 1. The van der Waals surface area contributed by atoms with Gasteiger partial charge in [0.2, 0.25) is 0 Å². The summed E-state index contributed by atoms with van der Waals surface area (Å²) in [5.74, 6) is -1.56. The molecule has 3 rings (SSSR count). The van der Waals surface area contributed by atoms with Gasteiger partial charge >= 0.3 is 0 Å². The number of thioether (sulfide) groups is 1. The normalized spacial score (nSPS) is 16.0. The van der Waals surface area contributed by atoms with Gasteiger partial charge in [-0.2, -0.15) is 0 Å². The van der Waals surface area contributed by atoms with E-state index in [0.717, 1.165) is 11.1 Å². The van der Waals surface area contributed by atoms with Gasteiger partial charge in [0.1, 0.15) is 0 Å². The maximum Gasteiger partial charge on any atom is 0.270 e. The number of benzene rings is 2. The Kier molecular flexibility index (Phi) is 4.51. The van der Waals surface area contributed by atoms with Crippen molar-refractivity contribution in [2.45, 2.75) is 6.92 Å². The van der Waals surface area contributed by atoms with Gasteiger partial charge in [-0.15, -0.1) is 0 Å². The number of rotatable bonds is 3. The molecule has 1 aliphatic heterocycles. The second kappa shape index (κ2) is 6.59. The highest BCUT2D eigenvalue weighted by Gasteiger charge is 2.33.